The van der Waals surface area contributed by atoms with Gasteiger partial charge in [-0.1, -0.05) is 44.2 Å². The maximum Gasteiger partial charge on any atom is 0.275 e. The molecule has 5 heteroatoms. The van der Waals surface area contributed by atoms with E-state index in [2.05, 4.69) is 53.4 Å². The molecule has 3 heterocycles. The van der Waals surface area contributed by atoms with Crippen LogP contribution in [0.2, 0.25) is 0 Å². The Morgan fingerprint density at radius 1 is 1.00 bits per heavy atom. The standard InChI is InChI=1S/C24H24N4O/c1-24(2)16-28(21-9-4-3-7-19(21)24)27-15-18-6-5-8-20(22(18)23(27)29)26-14-17-10-12-25-13-11-17/h3-13,26H,14-16H2,1-2H3. The van der Waals surface area contributed by atoms with Gasteiger partial charge in [-0.3, -0.25) is 14.8 Å². The minimum Gasteiger partial charge on any atom is -0.380 e. The second-order valence-electron chi connectivity index (χ2n) is 8.37. The number of benzene rings is 2. The van der Waals surface area contributed by atoms with Crippen molar-refractivity contribution in [3.63, 3.8) is 0 Å². The van der Waals surface area contributed by atoms with Crippen LogP contribution < -0.4 is 10.3 Å². The zero-order chi connectivity index (χ0) is 20.0. The van der Waals surface area contributed by atoms with Crippen molar-refractivity contribution < 1.29 is 4.79 Å². The first-order chi connectivity index (χ1) is 14.0. The van der Waals surface area contributed by atoms with Gasteiger partial charge in [0.25, 0.3) is 5.91 Å². The van der Waals surface area contributed by atoms with E-state index in [1.165, 1.54) is 5.56 Å². The number of carbonyl (C=O) groups excluding carboxylic acids is 1. The summed E-state index contributed by atoms with van der Waals surface area (Å²) in [7, 11) is 0. The van der Waals surface area contributed by atoms with Crippen LogP contribution in [0.3, 0.4) is 0 Å². The van der Waals surface area contributed by atoms with Crippen LogP contribution in [0.1, 0.15) is 40.9 Å². The molecule has 1 N–H and O–H groups in total. The van der Waals surface area contributed by atoms with Gasteiger partial charge < -0.3 is 5.32 Å². The van der Waals surface area contributed by atoms with Crippen LogP contribution in [0.15, 0.2) is 67.0 Å². The number of para-hydroxylation sites is 1. The van der Waals surface area contributed by atoms with Gasteiger partial charge in [-0.05, 0) is 41.0 Å². The Balaban J connectivity index is 1.44. The van der Waals surface area contributed by atoms with Crippen LogP contribution >= 0.6 is 0 Å². The van der Waals surface area contributed by atoms with Crippen molar-refractivity contribution in [2.75, 3.05) is 16.9 Å². The average molecular weight is 384 g/mol. The van der Waals surface area contributed by atoms with Crippen molar-refractivity contribution in [3.05, 3.63) is 89.2 Å². The van der Waals surface area contributed by atoms with Crippen LogP contribution in [-0.4, -0.2) is 22.4 Å². The quantitative estimate of drug-likeness (QED) is 0.726. The highest BCUT2D eigenvalue weighted by molar-refractivity contribution is 6.04. The third kappa shape index (κ3) is 2.94. The van der Waals surface area contributed by atoms with Gasteiger partial charge in [-0.25, -0.2) is 5.01 Å². The van der Waals surface area contributed by atoms with Crippen molar-refractivity contribution >= 4 is 17.3 Å². The topological polar surface area (TPSA) is 48.5 Å². The Bertz CT molecular complexity index is 1080. The van der Waals surface area contributed by atoms with Gasteiger partial charge in [-0.15, -0.1) is 0 Å². The van der Waals surface area contributed by atoms with Gasteiger partial charge in [-0.2, -0.15) is 0 Å². The Labute approximate surface area is 171 Å². The lowest BCUT2D eigenvalue weighted by Gasteiger charge is -2.31. The summed E-state index contributed by atoms with van der Waals surface area (Å²) >= 11 is 0. The van der Waals surface area contributed by atoms with E-state index in [0.717, 1.165) is 34.6 Å². The molecule has 0 atom stereocenters. The molecule has 5 rings (SSSR count). The summed E-state index contributed by atoms with van der Waals surface area (Å²) in [5.41, 5.74) is 6.30. The molecule has 29 heavy (non-hydrogen) atoms. The molecule has 0 spiro atoms. The van der Waals surface area contributed by atoms with E-state index in [0.29, 0.717) is 13.1 Å². The summed E-state index contributed by atoms with van der Waals surface area (Å²) in [4.78, 5) is 17.5. The zero-order valence-corrected chi connectivity index (χ0v) is 16.7. The van der Waals surface area contributed by atoms with Crippen molar-refractivity contribution in [2.45, 2.75) is 32.4 Å². The van der Waals surface area contributed by atoms with Gasteiger partial charge in [0.15, 0.2) is 0 Å². The smallest absolute Gasteiger partial charge is 0.275 e. The summed E-state index contributed by atoms with van der Waals surface area (Å²) in [6.07, 6.45) is 3.57. The Morgan fingerprint density at radius 3 is 2.62 bits per heavy atom. The van der Waals surface area contributed by atoms with Gasteiger partial charge in [0, 0.05) is 36.6 Å². The molecule has 3 aromatic rings. The van der Waals surface area contributed by atoms with Crippen molar-refractivity contribution in [1.29, 1.82) is 0 Å². The van der Waals surface area contributed by atoms with E-state index in [1.54, 1.807) is 12.4 Å². The Kier molecular flexibility index (Phi) is 4.05. The highest BCUT2D eigenvalue weighted by Crippen LogP contribution is 2.43. The van der Waals surface area contributed by atoms with Gasteiger partial charge in [0.05, 0.1) is 17.8 Å². The maximum absolute atomic E-state index is 13.5. The number of nitrogens with zero attached hydrogens (tertiary/aromatic N) is 3. The minimum absolute atomic E-state index is 0.00801. The first kappa shape index (κ1) is 17.7. The van der Waals surface area contributed by atoms with Crippen LogP contribution in [0, 0.1) is 0 Å². The molecule has 5 nitrogen and oxygen atoms in total. The predicted octanol–water partition coefficient (Wildman–Crippen LogP) is 4.36. The number of hydrogen-bond acceptors (Lipinski definition) is 4. The van der Waals surface area contributed by atoms with E-state index >= 15 is 0 Å². The number of fused-ring (bicyclic) bond motifs is 2. The van der Waals surface area contributed by atoms with Crippen molar-refractivity contribution in [3.8, 4) is 0 Å². The fourth-order valence-corrected chi connectivity index (χ4v) is 4.42. The molecule has 0 bridgehead atoms. The third-order valence-electron chi connectivity index (χ3n) is 5.90. The van der Waals surface area contributed by atoms with Crippen LogP contribution in [-0.2, 0) is 18.5 Å². The number of rotatable bonds is 4. The molecule has 0 fully saturated rings. The lowest BCUT2D eigenvalue weighted by molar-refractivity contribution is 0.0757. The molecular formula is C24H24N4O. The van der Waals surface area contributed by atoms with Crippen LogP contribution in [0.25, 0.3) is 0 Å². The Morgan fingerprint density at radius 2 is 1.79 bits per heavy atom. The van der Waals surface area contributed by atoms with E-state index in [1.807, 2.05) is 35.3 Å². The summed E-state index contributed by atoms with van der Waals surface area (Å²) in [5, 5.41) is 7.50. The first-order valence-corrected chi connectivity index (χ1v) is 9.98. The largest absolute Gasteiger partial charge is 0.380 e. The summed E-state index contributed by atoms with van der Waals surface area (Å²) < 4.78 is 0. The number of nitrogens with one attached hydrogen (secondary N) is 1. The molecule has 0 aliphatic carbocycles. The Hall–Kier alpha value is -3.34. The molecular weight excluding hydrogens is 360 g/mol. The van der Waals surface area contributed by atoms with Crippen molar-refractivity contribution in [2.24, 2.45) is 0 Å². The molecule has 1 aromatic heterocycles. The molecule has 1 amide bonds. The number of pyridine rings is 1. The normalized spacial score (nSPS) is 16.7. The summed E-state index contributed by atoms with van der Waals surface area (Å²) in [6, 6.07) is 18.4. The van der Waals surface area contributed by atoms with E-state index in [-0.39, 0.29) is 11.3 Å². The highest BCUT2D eigenvalue weighted by atomic mass is 16.2. The second-order valence-corrected chi connectivity index (χ2v) is 8.37. The summed E-state index contributed by atoms with van der Waals surface area (Å²) in [5.74, 6) is 0.0605. The fourth-order valence-electron chi connectivity index (χ4n) is 4.42. The van der Waals surface area contributed by atoms with Gasteiger partial charge in [0.2, 0.25) is 0 Å². The fraction of sp³-hybridized carbons (Fsp3) is 0.250. The van der Waals surface area contributed by atoms with Crippen LogP contribution in [0.4, 0.5) is 11.4 Å². The minimum atomic E-state index is 0.00801. The van der Waals surface area contributed by atoms with Crippen LogP contribution in [0.5, 0.6) is 0 Å². The molecule has 0 saturated carbocycles. The lowest BCUT2D eigenvalue weighted by Crippen LogP contribution is -2.44. The molecule has 146 valence electrons. The second kappa shape index (κ2) is 6.62. The van der Waals surface area contributed by atoms with E-state index in [9.17, 15) is 4.79 Å². The van der Waals surface area contributed by atoms with E-state index < -0.39 is 0 Å². The van der Waals surface area contributed by atoms with E-state index in [4.69, 9.17) is 0 Å². The molecule has 2 aromatic carbocycles. The van der Waals surface area contributed by atoms with Crippen molar-refractivity contribution in [1.82, 2.24) is 9.99 Å². The third-order valence-corrected chi connectivity index (χ3v) is 5.90. The predicted molar refractivity (Wildman–Crippen MR) is 115 cm³/mol. The average Bonchev–Trinajstić information content (AvgIpc) is 3.22. The molecule has 0 radical (unpaired) electrons. The van der Waals surface area contributed by atoms with Gasteiger partial charge in [0.1, 0.15) is 0 Å². The number of carbonyl (C=O) groups is 1. The monoisotopic (exact) mass is 384 g/mol. The summed E-state index contributed by atoms with van der Waals surface area (Å²) in [6.45, 7) is 6.53. The zero-order valence-electron chi connectivity index (χ0n) is 16.7. The lowest BCUT2D eigenvalue weighted by atomic mass is 9.87. The molecule has 0 saturated heterocycles. The number of hydrogen-bond donors (Lipinski definition) is 1. The number of aromatic nitrogens is 1. The molecule has 2 aliphatic rings. The first-order valence-electron chi connectivity index (χ1n) is 9.98. The van der Waals surface area contributed by atoms with Gasteiger partial charge >= 0.3 is 0 Å². The number of anilines is 2. The molecule has 2 aliphatic heterocycles. The number of amides is 1. The molecule has 0 unspecified atom stereocenters. The number of hydrazine groups is 1. The highest BCUT2D eigenvalue weighted by Gasteiger charge is 2.42. The maximum atomic E-state index is 13.5. The SMILES string of the molecule is CC1(C)CN(N2Cc3cccc(NCc4ccncc4)c3C2=O)c2ccccc21.